The van der Waals surface area contributed by atoms with Gasteiger partial charge >= 0.3 is 12.0 Å². The Hall–Kier alpha value is -2.60. The number of urea groups is 1. The van der Waals surface area contributed by atoms with E-state index in [-0.39, 0.29) is 29.4 Å². The predicted octanol–water partition coefficient (Wildman–Crippen LogP) is 2.01. The number of carbonyl (C=O) groups is 3. The third-order valence-electron chi connectivity index (χ3n) is 3.06. The van der Waals surface area contributed by atoms with Crippen LogP contribution in [-0.4, -0.2) is 41.8 Å². The third kappa shape index (κ3) is 6.72. The van der Waals surface area contributed by atoms with Crippen LogP contribution in [0.5, 0.6) is 0 Å². The Balaban J connectivity index is 2.74. The molecule has 0 bridgehead atoms. The molecule has 0 aliphatic rings. The summed E-state index contributed by atoms with van der Waals surface area (Å²) in [7, 11) is 0. The molecule has 0 saturated carbocycles. The van der Waals surface area contributed by atoms with Crippen LogP contribution < -0.4 is 10.6 Å². The van der Waals surface area contributed by atoms with Gasteiger partial charge in [-0.05, 0) is 25.8 Å². The van der Waals surface area contributed by atoms with E-state index < -0.39 is 17.9 Å². The second-order valence-electron chi connectivity index (χ2n) is 5.75. The highest BCUT2D eigenvalue weighted by atomic mass is 32.2. The number of rotatable bonds is 7. The normalized spacial score (nSPS) is 10.2. The van der Waals surface area contributed by atoms with Gasteiger partial charge in [0.25, 0.3) is 0 Å². The first-order valence-corrected chi connectivity index (χ1v) is 9.06. The van der Waals surface area contributed by atoms with E-state index in [9.17, 15) is 19.6 Å². The molecule has 0 fully saturated rings. The molecule has 1 aromatic heterocycles. The number of carbonyl (C=O) groups excluding carboxylic acids is 3. The number of esters is 1. The lowest BCUT2D eigenvalue weighted by atomic mass is 10.1. The monoisotopic (exact) mass is 378 g/mol. The van der Waals surface area contributed by atoms with Crippen LogP contribution in [0.4, 0.5) is 4.79 Å². The third-order valence-corrected chi connectivity index (χ3v) is 4.05. The average molecular weight is 378 g/mol. The van der Waals surface area contributed by atoms with E-state index in [2.05, 4.69) is 15.6 Å². The number of hydrogen-bond donors (Lipinski definition) is 2. The summed E-state index contributed by atoms with van der Waals surface area (Å²) in [4.78, 5) is 39.5. The Bertz CT molecular complexity index is 728. The van der Waals surface area contributed by atoms with Crippen LogP contribution in [0.3, 0.4) is 0 Å². The number of hydrogen-bond acceptors (Lipinski definition) is 7. The van der Waals surface area contributed by atoms with Crippen LogP contribution in [0.15, 0.2) is 11.1 Å². The number of imide groups is 1. The number of amides is 3. The second-order valence-corrected chi connectivity index (χ2v) is 6.71. The molecule has 0 spiro atoms. The summed E-state index contributed by atoms with van der Waals surface area (Å²) in [6.07, 6.45) is 0. The molecule has 0 atom stereocenters. The van der Waals surface area contributed by atoms with Crippen molar-refractivity contribution in [2.75, 3.05) is 18.9 Å². The van der Waals surface area contributed by atoms with Gasteiger partial charge in [-0.25, -0.2) is 14.6 Å². The molecule has 1 rings (SSSR count). The zero-order valence-electron chi connectivity index (χ0n) is 15.2. The van der Waals surface area contributed by atoms with Gasteiger partial charge in [0.2, 0.25) is 5.91 Å². The fourth-order valence-corrected chi connectivity index (χ4v) is 2.63. The highest BCUT2D eigenvalue weighted by molar-refractivity contribution is 8.00. The SMILES string of the molecule is CCOC(=O)c1cc(C#N)c(SCC(=O)NC(=O)NCC(C)C)nc1C. The second kappa shape index (κ2) is 10.4. The van der Waals surface area contributed by atoms with Gasteiger partial charge in [0.1, 0.15) is 11.1 Å². The number of nitrogens with zero attached hydrogens (tertiary/aromatic N) is 2. The number of pyridine rings is 1. The molecule has 0 aromatic carbocycles. The number of thioether (sulfide) groups is 1. The van der Waals surface area contributed by atoms with Gasteiger partial charge in [-0.1, -0.05) is 25.6 Å². The van der Waals surface area contributed by atoms with E-state index >= 15 is 0 Å². The Labute approximate surface area is 156 Å². The number of nitrogens with one attached hydrogen (secondary N) is 2. The van der Waals surface area contributed by atoms with Gasteiger partial charge in [0.15, 0.2) is 0 Å². The van der Waals surface area contributed by atoms with Gasteiger partial charge in [-0.2, -0.15) is 5.26 Å². The van der Waals surface area contributed by atoms with Crippen LogP contribution in [0.1, 0.15) is 42.4 Å². The van der Waals surface area contributed by atoms with E-state index in [0.717, 1.165) is 11.8 Å². The van der Waals surface area contributed by atoms with Crippen LogP contribution >= 0.6 is 11.8 Å². The topological polar surface area (TPSA) is 121 Å². The Morgan fingerprint density at radius 3 is 2.65 bits per heavy atom. The standard InChI is InChI=1S/C17H22N4O4S/c1-5-25-16(23)13-6-12(7-18)15(20-11(13)4)26-9-14(22)21-17(24)19-8-10(2)3/h6,10H,5,8-9H2,1-4H3,(H2,19,21,22,24). The van der Waals surface area contributed by atoms with Crippen molar-refractivity contribution in [3.63, 3.8) is 0 Å². The molecule has 2 N–H and O–H groups in total. The fourth-order valence-electron chi connectivity index (χ4n) is 1.83. The molecule has 0 aliphatic carbocycles. The van der Waals surface area contributed by atoms with E-state index in [1.165, 1.54) is 6.07 Å². The Kier molecular flexibility index (Phi) is 8.58. The summed E-state index contributed by atoms with van der Waals surface area (Å²) in [5.74, 6) is -0.873. The summed E-state index contributed by atoms with van der Waals surface area (Å²) < 4.78 is 4.93. The largest absolute Gasteiger partial charge is 0.462 e. The minimum absolute atomic E-state index is 0.0883. The number of nitriles is 1. The smallest absolute Gasteiger partial charge is 0.340 e. The molecule has 9 heteroatoms. The first-order valence-electron chi connectivity index (χ1n) is 8.07. The molecular formula is C17H22N4O4S. The van der Waals surface area contributed by atoms with E-state index in [0.29, 0.717) is 17.3 Å². The van der Waals surface area contributed by atoms with Crippen LogP contribution in [0, 0.1) is 24.2 Å². The van der Waals surface area contributed by atoms with Gasteiger partial charge in [-0.3, -0.25) is 10.1 Å². The van der Waals surface area contributed by atoms with Gasteiger partial charge < -0.3 is 10.1 Å². The lowest BCUT2D eigenvalue weighted by Gasteiger charge is -2.10. The van der Waals surface area contributed by atoms with E-state index in [1.807, 2.05) is 19.9 Å². The van der Waals surface area contributed by atoms with E-state index in [1.54, 1.807) is 13.8 Å². The van der Waals surface area contributed by atoms with Crippen molar-refractivity contribution in [1.82, 2.24) is 15.6 Å². The lowest BCUT2D eigenvalue weighted by Crippen LogP contribution is -2.41. The maximum atomic E-state index is 11.9. The zero-order valence-corrected chi connectivity index (χ0v) is 16.0. The maximum Gasteiger partial charge on any atom is 0.340 e. The number of ether oxygens (including phenoxy) is 1. The first kappa shape index (κ1) is 21.4. The lowest BCUT2D eigenvalue weighted by molar-refractivity contribution is -0.117. The molecule has 1 heterocycles. The molecule has 0 aliphatic heterocycles. The van der Waals surface area contributed by atoms with Crippen molar-refractivity contribution in [2.45, 2.75) is 32.7 Å². The molecule has 140 valence electrons. The quantitative estimate of drug-likeness (QED) is 0.550. The fraction of sp³-hybridized carbons (Fsp3) is 0.471. The molecule has 3 amide bonds. The van der Waals surface area contributed by atoms with Crippen LogP contribution in [0.2, 0.25) is 0 Å². The molecule has 0 saturated heterocycles. The molecule has 26 heavy (non-hydrogen) atoms. The first-order chi connectivity index (χ1) is 12.3. The van der Waals surface area contributed by atoms with Gasteiger partial charge in [0.05, 0.1) is 29.2 Å². The molecule has 0 unspecified atom stereocenters. The minimum Gasteiger partial charge on any atom is -0.462 e. The predicted molar refractivity (Wildman–Crippen MR) is 96.7 cm³/mol. The van der Waals surface area contributed by atoms with Gasteiger partial charge in [-0.15, -0.1) is 0 Å². The molecule has 1 aromatic rings. The van der Waals surface area contributed by atoms with Crippen molar-refractivity contribution < 1.29 is 19.1 Å². The number of aromatic nitrogens is 1. The van der Waals surface area contributed by atoms with Gasteiger partial charge in [0, 0.05) is 6.54 Å². The van der Waals surface area contributed by atoms with Crippen molar-refractivity contribution in [3.8, 4) is 6.07 Å². The maximum absolute atomic E-state index is 11.9. The van der Waals surface area contributed by atoms with Crippen LogP contribution in [-0.2, 0) is 9.53 Å². The number of aryl methyl sites for hydroxylation is 1. The summed E-state index contributed by atoms with van der Waals surface area (Å²) in [5, 5.41) is 14.4. The summed E-state index contributed by atoms with van der Waals surface area (Å²) in [5.41, 5.74) is 0.783. The summed E-state index contributed by atoms with van der Waals surface area (Å²) >= 11 is 1.02. The van der Waals surface area contributed by atoms with Crippen molar-refractivity contribution in [3.05, 3.63) is 22.9 Å². The Morgan fingerprint density at radius 2 is 2.08 bits per heavy atom. The molecular weight excluding hydrogens is 356 g/mol. The highest BCUT2D eigenvalue weighted by Gasteiger charge is 2.17. The molecule has 0 radical (unpaired) electrons. The van der Waals surface area contributed by atoms with Crippen molar-refractivity contribution in [1.29, 1.82) is 5.26 Å². The average Bonchev–Trinajstić information content (AvgIpc) is 2.58. The molecule has 8 nitrogen and oxygen atoms in total. The van der Waals surface area contributed by atoms with Crippen LogP contribution in [0.25, 0.3) is 0 Å². The van der Waals surface area contributed by atoms with E-state index in [4.69, 9.17) is 4.74 Å². The minimum atomic E-state index is -0.563. The summed E-state index contributed by atoms with van der Waals surface area (Å²) in [6.45, 7) is 7.87. The summed E-state index contributed by atoms with van der Waals surface area (Å²) in [6, 6.07) is 2.79. The van der Waals surface area contributed by atoms with Crippen molar-refractivity contribution >= 4 is 29.7 Å². The zero-order chi connectivity index (χ0) is 19.7. The Morgan fingerprint density at radius 1 is 1.38 bits per heavy atom. The van der Waals surface area contributed by atoms with Crippen molar-refractivity contribution in [2.24, 2.45) is 5.92 Å². The highest BCUT2D eigenvalue weighted by Crippen LogP contribution is 2.23.